The molecule has 1 atom stereocenters. The molecule has 2 N–H and O–H groups in total. The second kappa shape index (κ2) is 3.90. The number of rotatable bonds is 2. The maximum Gasteiger partial charge on any atom is 0.390 e. The van der Waals surface area contributed by atoms with E-state index in [1.807, 2.05) is 6.92 Å². The van der Waals surface area contributed by atoms with E-state index >= 15 is 0 Å². The van der Waals surface area contributed by atoms with Gasteiger partial charge in [0.1, 0.15) is 0 Å². The second-order valence-corrected chi connectivity index (χ2v) is 4.75. The summed E-state index contributed by atoms with van der Waals surface area (Å²) < 4.78 is 36.2. The Morgan fingerprint density at radius 2 is 2.00 bits per heavy atom. The minimum Gasteiger partial charge on any atom is -0.324 e. The lowest BCUT2D eigenvalue weighted by Gasteiger charge is -2.13. The standard InChI is InChI=1S/C9H12F3NS/c1-5-3-7(6(2)14-5)8(13)4-9(10,11)12/h3,8H,4,13H2,1-2H3/t8-/m0/s1. The Bertz CT molecular complexity index is 316. The lowest BCUT2D eigenvalue weighted by Crippen LogP contribution is -2.20. The Labute approximate surface area is 84.7 Å². The fraction of sp³-hybridized carbons (Fsp3) is 0.556. The molecule has 5 heteroatoms. The molecule has 80 valence electrons. The van der Waals surface area contributed by atoms with Crippen LogP contribution in [0.1, 0.15) is 27.8 Å². The first-order chi connectivity index (χ1) is 6.29. The summed E-state index contributed by atoms with van der Waals surface area (Å²) in [5, 5.41) is 0. The van der Waals surface area contributed by atoms with Crippen LogP contribution >= 0.6 is 11.3 Å². The highest BCUT2D eigenvalue weighted by Crippen LogP contribution is 2.32. The molecule has 0 unspecified atom stereocenters. The summed E-state index contributed by atoms with van der Waals surface area (Å²) in [5.74, 6) is 0. The SMILES string of the molecule is Cc1cc([C@@H](N)CC(F)(F)F)c(C)s1. The van der Waals surface area contributed by atoms with E-state index in [1.165, 1.54) is 11.3 Å². The molecule has 1 aromatic rings. The van der Waals surface area contributed by atoms with Crippen LogP contribution in [0.5, 0.6) is 0 Å². The fourth-order valence-corrected chi connectivity index (χ4v) is 2.37. The Hall–Kier alpha value is -0.550. The Morgan fingerprint density at radius 3 is 2.36 bits per heavy atom. The number of aryl methyl sites for hydroxylation is 2. The van der Waals surface area contributed by atoms with Crippen molar-refractivity contribution in [1.29, 1.82) is 0 Å². The van der Waals surface area contributed by atoms with Gasteiger partial charge in [-0.3, -0.25) is 0 Å². The summed E-state index contributed by atoms with van der Waals surface area (Å²) in [6.45, 7) is 3.66. The number of hydrogen-bond donors (Lipinski definition) is 1. The highest BCUT2D eigenvalue weighted by Gasteiger charge is 2.31. The Balaban J connectivity index is 2.79. The van der Waals surface area contributed by atoms with Gasteiger partial charge in [0.2, 0.25) is 0 Å². The lowest BCUT2D eigenvalue weighted by molar-refractivity contribution is -0.138. The van der Waals surface area contributed by atoms with Gasteiger partial charge in [0.25, 0.3) is 0 Å². The van der Waals surface area contributed by atoms with Gasteiger partial charge in [0, 0.05) is 15.8 Å². The van der Waals surface area contributed by atoms with E-state index in [2.05, 4.69) is 0 Å². The summed E-state index contributed by atoms with van der Waals surface area (Å²) in [6.07, 6.45) is -5.15. The van der Waals surface area contributed by atoms with Crippen molar-refractivity contribution in [2.24, 2.45) is 5.73 Å². The summed E-state index contributed by atoms with van der Waals surface area (Å²) in [4.78, 5) is 1.87. The number of thiophene rings is 1. The maximum atomic E-state index is 12.1. The van der Waals surface area contributed by atoms with E-state index in [9.17, 15) is 13.2 Å². The van der Waals surface area contributed by atoms with E-state index in [1.54, 1.807) is 13.0 Å². The third kappa shape index (κ3) is 2.99. The van der Waals surface area contributed by atoms with Crippen molar-refractivity contribution in [2.75, 3.05) is 0 Å². The first-order valence-corrected chi connectivity index (χ1v) is 5.00. The van der Waals surface area contributed by atoms with Gasteiger partial charge in [-0.1, -0.05) is 0 Å². The molecule has 1 heterocycles. The molecule has 0 aliphatic rings. The van der Waals surface area contributed by atoms with Crippen molar-refractivity contribution < 1.29 is 13.2 Å². The molecular formula is C9H12F3NS. The van der Waals surface area contributed by atoms with E-state index < -0.39 is 18.6 Å². The van der Waals surface area contributed by atoms with Gasteiger partial charge in [0.15, 0.2) is 0 Å². The van der Waals surface area contributed by atoms with Crippen LogP contribution in [-0.2, 0) is 0 Å². The van der Waals surface area contributed by atoms with Gasteiger partial charge in [-0.2, -0.15) is 13.2 Å². The quantitative estimate of drug-likeness (QED) is 0.817. The summed E-state index contributed by atoms with van der Waals surface area (Å²) in [6, 6.07) is 0.802. The molecule has 0 fully saturated rings. The molecule has 0 aliphatic heterocycles. The molecule has 0 bridgehead atoms. The van der Waals surface area contributed by atoms with Crippen LogP contribution in [0.25, 0.3) is 0 Å². The van der Waals surface area contributed by atoms with Crippen LogP contribution in [0.15, 0.2) is 6.07 Å². The topological polar surface area (TPSA) is 26.0 Å². The van der Waals surface area contributed by atoms with E-state index in [4.69, 9.17) is 5.73 Å². The van der Waals surface area contributed by atoms with Crippen LogP contribution in [-0.4, -0.2) is 6.18 Å². The molecule has 1 rings (SSSR count). The van der Waals surface area contributed by atoms with Crippen LogP contribution in [0.4, 0.5) is 13.2 Å². The van der Waals surface area contributed by atoms with Crippen molar-refractivity contribution in [2.45, 2.75) is 32.5 Å². The highest BCUT2D eigenvalue weighted by molar-refractivity contribution is 7.12. The predicted octanol–water partition coefficient (Wildman–Crippen LogP) is 3.32. The monoisotopic (exact) mass is 223 g/mol. The first-order valence-electron chi connectivity index (χ1n) is 4.19. The largest absolute Gasteiger partial charge is 0.390 e. The van der Waals surface area contributed by atoms with Crippen molar-refractivity contribution >= 4 is 11.3 Å². The number of hydrogen-bond acceptors (Lipinski definition) is 2. The summed E-state index contributed by atoms with van der Waals surface area (Å²) in [7, 11) is 0. The zero-order valence-corrected chi connectivity index (χ0v) is 8.80. The minimum atomic E-state index is -4.19. The molecule has 1 nitrogen and oxygen atoms in total. The molecule has 0 radical (unpaired) electrons. The maximum absolute atomic E-state index is 12.1. The second-order valence-electron chi connectivity index (χ2n) is 3.29. The number of halogens is 3. The molecule has 0 saturated heterocycles. The molecular weight excluding hydrogens is 211 g/mol. The molecule has 1 aromatic heterocycles. The van der Waals surface area contributed by atoms with Gasteiger partial charge in [-0.25, -0.2) is 0 Å². The average Bonchev–Trinajstić information content (AvgIpc) is 2.26. The Morgan fingerprint density at radius 1 is 1.43 bits per heavy atom. The van der Waals surface area contributed by atoms with Crippen LogP contribution < -0.4 is 5.73 Å². The summed E-state index contributed by atoms with van der Waals surface area (Å²) >= 11 is 1.48. The highest BCUT2D eigenvalue weighted by atomic mass is 32.1. The van der Waals surface area contributed by atoms with E-state index in [0.29, 0.717) is 5.56 Å². The van der Waals surface area contributed by atoms with Crippen molar-refractivity contribution in [1.82, 2.24) is 0 Å². The fourth-order valence-electron chi connectivity index (χ4n) is 1.38. The molecule has 0 amide bonds. The van der Waals surface area contributed by atoms with Gasteiger partial charge in [0.05, 0.1) is 6.42 Å². The molecule has 14 heavy (non-hydrogen) atoms. The minimum absolute atomic E-state index is 0.616. The van der Waals surface area contributed by atoms with E-state index in [-0.39, 0.29) is 0 Å². The van der Waals surface area contributed by atoms with Crippen molar-refractivity contribution in [3.05, 3.63) is 21.4 Å². The Kier molecular flexibility index (Phi) is 3.21. The number of nitrogens with two attached hydrogens (primary N) is 1. The van der Waals surface area contributed by atoms with Gasteiger partial charge in [-0.15, -0.1) is 11.3 Å². The zero-order chi connectivity index (χ0) is 10.9. The lowest BCUT2D eigenvalue weighted by atomic mass is 10.1. The molecule has 0 aromatic carbocycles. The predicted molar refractivity (Wildman–Crippen MR) is 51.4 cm³/mol. The normalized spacial score (nSPS) is 14.4. The third-order valence-corrected chi connectivity index (χ3v) is 2.91. The van der Waals surface area contributed by atoms with E-state index in [0.717, 1.165) is 9.75 Å². The van der Waals surface area contributed by atoms with Crippen molar-refractivity contribution in [3.63, 3.8) is 0 Å². The number of alkyl halides is 3. The smallest absolute Gasteiger partial charge is 0.324 e. The van der Waals surface area contributed by atoms with Crippen molar-refractivity contribution in [3.8, 4) is 0 Å². The van der Waals surface area contributed by atoms with Gasteiger partial charge < -0.3 is 5.73 Å². The average molecular weight is 223 g/mol. The van der Waals surface area contributed by atoms with Gasteiger partial charge >= 0.3 is 6.18 Å². The molecule has 0 aliphatic carbocycles. The van der Waals surface area contributed by atoms with Gasteiger partial charge in [-0.05, 0) is 25.5 Å². The van der Waals surface area contributed by atoms with Crippen LogP contribution in [0.3, 0.4) is 0 Å². The molecule has 0 spiro atoms. The zero-order valence-electron chi connectivity index (χ0n) is 7.98. The summed E-state index contributed by atoms with van der Waals surface area (Å²) in [5.41, 5.74) is 6.10. The molecule has 0 saturated carbocycles. The van der Waals surface area contributed by atoms with Crippen LogP contribution in [0.2, 0.25) is 0 Å². The first kappa shape index (κ1) is 11.5. The third-order valence-electron chi connectivity index (χ3n) is 1.93. The van der Waals surface area contributed by atoms with Crippen LogP contribution in [0, 0.1) is 13.8 Å².